The van der Waals surface area contributed by atoms with Crippen LogP contribution in [0.3, 0.4) is 0 Å². The number of hydrogen-bond donors (Lipinski definition) is 1. The summed E-state index contributed by atoms with van der Waals surface area (Å²) in [5.74, 6) is 0.216. The van der Waals surface area contributed by atoms with E-state index in [2.05, 4.69) is 4.72 Å². The molecular weight excluding hydrogens is 340 g/mol. The minimum Gasteiger partial charge on any atom is -0.296 e. The maximum atomic E-state index is 12.1. The zero-order valence-electron chi connectivity index (χ0n) is 10.2. The SMILES string of the molecule is O=C1CSC(=S)N1CCNS(=O)(=O)c1ccccc1Cl. The number of sulfonamides is 1. The van der Waals surface area contributed by atoms with Crippen molar-refractivity contribution in [2.45, 2.75) is 4.90 Å². The number of halogens is 1. The van der Waals surface area contributed by atoms with Gasteiger partial charge in [0.05, 0.1) is 10.8 Å². The van der Waals surface area contributed by atoms with Gasteiger partial charge >= 0.3 is 0 Å². The molecule has 0 unspecified atom stereocenters. The fraction of sp³-hybridized carbons (Fsp3) is 0.273. The van der Waals surface area contributed by atoms with Gasteiger partial charge in [-0.2, -0.15) is 0 Å². The first-order valence-corrected chi connectivity index (χ1v) is 8.88. The quantitative estimate of drug-likeness (QED) is 0.815. The van der Waals surface area contributed by atoms with E-state index < -0.39 is 10.0 Å². The summed E-state index contributed by atoms with van der Waals surface area (Å²) in [5, 5.41) is 0.156. The van der Waals surface area contributed by atoms with E-state index in [9.17, 15) is 13.2 Å². The highest BCUT2D eigenvalue weighted by atomic mass is 35.5. The van der Waals surface area contributed by atoms with Gasteiger partial charge in [0.1, 0.15) is 9.22 Å². The fourth-order valence-corrected chi connectivity index (χ4v) is 4.29. The van der Waals surface area contributed by atoms with E-state index in [0.717, 1.165) is 0 Å². The van der Waals surface area contributed by atoms with Gasteiger partial charge in [0.15, 0.2) is 0 Å². The molecule has 0 radical (unpaired) electrons. The van der Waals surface area contributed by atoms with E-state index in [1.165, 1.54) is 28.8 Å². The summed E-state index contributed by atoms with van der Waals surface area (Å²) in [6, 6.07) is 6.17. The van der Waals surface area contributed by atoms with Crippen LogP contribution >= 0.6 is 35.6 Å². The van der Waals surface area contributed by atoms with E-state index in [-0.39, 0.29) is 28.9 Å². The Labute approximate surface area is 131 Å². The van der Waals surface area contributed by atoms with Gasteiger partial charge in [-0.05, 0) is 12.1 Å². The van der Waals surface area contributed by atoms with Crippen LogP contribution in [0.15, 0.2) is 29.2 Å². The van der Waals surface area contributed by atoms with Gasteiger partial charge in [0.25, 0.3) is 0 Å². The van der Waals surface area contributed by atoms with Crippen molar-refractivity contribution in [2.75, 3.05) is 18.8 Å². The number of carbonyl (C=O) groups excluding carboxylic acids is 1. The predicted octanol–water partition coefficient (Wildman–Crippen LogP) is 1.48. The number of carbonyl (C=O) groups is 1. The number of amides is 1. The number of nitrogens with one attached hydrogen (secondary N) is 1. The highest BCUT2D eigenvalue weighted by molar-refractivity contribution is 8.23. The molecule has 0 bridgehead atoms. The Hall–Kier alpha value is -0.670. The summed E-state index contributed by atoms with van der Waals surface area (Å²) < 4.78 is 27.0. The number of thioether (sulfide) groups is 1. The van der Waals surface area contributed by atoms with E-state index in [1.54, 1.807) is 12.1 Å². The lowest BCUT2D eigenvalue weighted by Crippen LogP contribution is -2.37. The van der Waals surface area contributed by atoms with Gasteiger partial charge in [0.2, 0.25) is 15.9 Å². The third-order valence-electron chi connectivity index (χ3n) is 2.59. The lowest BCUT2D eigenvalue weighted by Gasteiger charge is -2.15. The van der Waals surface area contributed by atoms with Crippen LogP contribution in [0.1, 0.15) is 0 Å². The van der Waals surface area contributed by atoms with Crippen LogP contribution < -0.4 is 4.72 Å². The maximum absolute atomic E-state index is 12.1. The summed E-state index contributed by atoms with van der Waals surface area (Å²) in [5.41, 5.74) is 0. The van der Waals surface area contributed by atoms with Gasteiger partial charge in [-0.25, -0.2) is 13.1 Å². The average molecular weight is 351 g/mol. The Morgan fingerprint density at radius 3 is 2.70 bits per heavy atom. The number of thiocarbonyl (C=S) groups is 1. The first-order chi connectivity index (χ1) is 9.42. The zero-order valence-corrected chi connectivity index (χ0v) is 13.4. The molecule has 1 aromatic rings. The molecule has 0 spiro atoms. The van der Waals surface area contributed by atoms with Crippen molar-refractivity contribution in [2.24, 2.45) is 0 Å². The Balaban J connectivity index is 1.99. The number of benzene rings is 1. The molecule has 1 fully saturated rings. The van der Waals surface area contributed by atoms with Crippen LogP contribution in [0.4, 0.5) is 0 Å². The van der Waals surface area contributed by atoms with E-state index in [1.807, 2.05) is 0 Å². The summed E-state index contributed by atoms with van der Waals surface area (Å²) in [7, 11) is -3.69. The van der Waals surface area contributed by atoms with Crippen LogP contribution in [0, 0.1) is 0 Å². The van der Waals surface area contributed by atoms with Crippen molar-refractivity contribution < 1.29 is 13.2 Å². The van der Waals surface area contributed by atoms with Crippen LogP contribution in [0.5, 0.6) is 0 Å². The monoisotopic (exact) mass is 350 g/mol. The second-order valence-electron chi connectivity index (χ2n) is 3.93. The summed E-state index contributed by atoms with van der Waals surface area (Å²) >= 11 is 12.1. The van der Waals surface area contributed by atoms with Crippen LogP contribution in [-0.2, 0) is 14.8 Å². The molecule has 9 heteroatoms. The molecule has 5 nitrogen and oxygen atoms in total. The normalized spacial score (nSPS) is 15.9. The van der Waals surface area contributed by atoms with E-state index in [4.69, 9.17) is 23.8 Å². The summed E-state index contributed by atoms with van der Waals surface area (Å²) in [6.45, 7) is 0.300. The molecule has 1 aliphatic heterocycles. The second kappa shape index (κ2) is 6.40. The van der Waals surface area contributed by atoms with E-state index >= 15 is 0 Å². The fourth-order valence-electron chi connectivity index (χ4n) is 1.63. The average Bonchev–Trinajstić information content (AvgIpc) is 2.70. The maximum Gasteiger partial charge on any atom is 0.242 e. The van der Waals surface area contributed by atoms with Crippen LogP contribution in [0.25, 0.3) is 0 Å². The lowest BCUT2D eigenvalue weighted by molar-refractivity contribution is -0.123. The van der Waals surface area contributed by atoms with Gasteiger partial charge in [-0.1, -0.05) is 47.7 Å². The van der Waals surface area contributed by atoms with Crippen LogP contribution in [-0.4, -0.2) is 42.4 Å². The minimum atomic E-state index is -3.69. The molecule has 0 aromatic heterocycles. The van der Waals surface area contributed by atoms with Crippen molar-refractivity contribution in [3.05, 3.63) is 29.3 Å². The molecule has 0 saturated carbocycles. The van der Waals surface area contributed by atoms with Crippen molar-refractivity contribution >= 4 is 55.8 Å². The summed E-state index contributed by atoms with van der Waals surface area (Å²) in [4.78, 5) is 12.9. The molecule has 1 saturated heterocycles. The van der Waals surface area contributed by atoms with Gasteiger partial charge < -0.3 is 0 Å². The Bertz CT molecular complexity index is 632. The molecule has 0 aliphatic carbocycles. The largest absolute Gasteiger partial charge is 0.296 e. The molecule has 1 aliphatic rings. The first-order valence-electron chi connectivity index (χ1n) is 5.63. The van der Waals surface area contributed by atoms with Crippen molar-refractivity contribution in [3.63, 3.8) is 0 Å². The van der Waals surface area contributed by atoms with Gasteiger partial charge in [-0.3, -0.25) is 9.69 Å². The molecule has 108 valence electrons. The molecule has 1 aromatic carbocycles. The smallest absolute Gasteiger partial charge is 0.242 e. The predicted molar refractivity (Wildman–Crippen MR) is 83.4 cm³/mol. The van der Waals surface area contributed by atoms with Crippen molar-refractivity contribution in [1.29, 1.82) is 0 Å². The highest BCUT2D eigenvalue weighted by Gasteiger charge is 2.26. The minimum absolute atomic E-state index is 0.0198. The molecule has 1 N–H and O–H groups in total. The molecular formula is C11H11ClN2O3S3. The topological polar surface area (TPSA) is 66.5 Å². The van der Waals surface area contributed by atoms with Crippen molar-refractivity contribution in [1.82, 2.24) is 9.62 Å². The number of hydrogen-bond acceptors (Lipinski definition) is 5. The number of nitrogens with zero attached hydrogens (tertiary/aromatic N) is 1. The Morgan fingerprint density at radius 2 is 2.10 bits per heavy atom. The third-order valence-corrected chi connectivity index (χ3v) is 5.99. The standard InChI is InChI=1S/C11H11ClN2O3S3/c12-8-3-1-2-4-9(8)20(16,17)13-5-6-14-10(15)7-19-11(14)18/h1-4,13H,5-7H2. The zero-order chi connectivity index (χ0) is 14.8. The Kier molecular flexibility index (Phi) is 5.03. The van der Waals surface area contributed by atoms with Crippen LogP contribution in [0.2, 0.25) is 5.02 Å². The third kappa shape index (κ3) is 3.50. The lowest BCUT2D eigenvalue weighted by atomic mass is 10.4. The summed E-state index contributed by atoms with van der Waals surface area (Å²) in [6.07, 6.45) is 0. The molecule has 0 atom stereocenters. The van der Waals surface area contributed by atoms with Crippen molar-refractivity contribution in [3.8, 4) is 0 Å². The Morgan fingerprint density at radius 1 is 1.40 bits per heavy atom. The highest BCUT2D eigenvalue weighted by Crippen LogP contribution is 2.21. The number of rotatable bonds is 5. The second-order valence-corrected chi connectivity index (χ2v) is 7.68. The molecule has 1 amide bonds. The molecule has 1 heterocycles. The first kappa shape index (κ1) is 15.7. The molecule has 20 heavy (non-hydrogen) atoms. The van der Waals surface area contributed by atoms with E-state index in [0.29, 0.717) is 10.1 Å². The van der Waals surface area contributed by atoms with Gasteiger partial charge in [0, 0.05) is 13.1 Å². The van der Waals surface area contributed by atoms with Gasteiger partial charge in [-0.15, -0.1) is 0 Å². The molecule has 2 rings (SSSR count).